The van der Waals surface area contributed by atoms with Crippen LogP contribution in [0.3, 0.4) is 0 Å². The summed E-state index contributed by atoms with van der Waals surface area (Å²) in [4.78, 5) is 18.1. The SMILES string of the molecule is O=C(c1ccc(Cl)cc1)N1CC[C@@H](O)[C@](O)(Cn2ccnc2)C1. The average Bonchev–Trinajstić information content (AvgIpc) is 3.03. The molecule has 1 saturated heterocycles. The van der Waals surface area contributed by atoms with Gasteiger partial charge in [0, 0.05) is 29.5 Å². The van der Waals surface area contributed by atoms with E-state index in [0.717, 1.165) is 0 Å². The Balaban J connectivity index is 1.76. The lowest BCUT2D eigenvalue weighted by Gasteiger charge is -2.42. The third kappa shape index (κ3) is 3.39. The lowest BCUT2D eigenvalue weighted by atomic mass is 9.89. The molecule has 0 unspecified atom stereocenters. The van der Waals surface area contributed by atoms with Crippen molar-refractivity contribution in [3.05, 3.63) is 53.6 Å². The topological polar surface area (TPSA) is 78.6 Å². The predicted molar refractivity (Wildman–Crippen MR) is 85.2 cm³/mol. The van der Waals surface area contributed by atoms with Gasteiger partial charge >= 0.3 is 0 Å². The molecule has 0 bridgehead atoms. The molecular formula is C16H18ClN3O3. The largest absolute Gasteiger partial charge is 0.390 e. The van der Waals surface area contributed by atoms with Gasteiger partial charge in [-0.2, -0.15) is 0 Å². The van der Waals surface area contributed by atoms with Gasteiger partial charge in [-0.1, -0.05) is 11.6 Å². The summed E-state index contributed by atoms with van der Waals surface area (Å²) in [6.45, 7) is 0.640. The second kappa shape index (κ2) is 6.31. The van der Waals surface area contributed by atoms with E-state index < -0.39 is 11.7 Å². The molecule has 0 saturated carbocycles. The van der Waals surface area contributed by atoms with Crippen molar-refractivity contribution in [1.82, 2.24) is 14.5 Å². The number of carbonyl (C=O) groups is 1. The molecule has 0 aliphatic carbocycles. The fourth-order valence-electron chi connectivity index (χ4n) is 2.86. The molecule has 2 N–H and O–H groups in total. The number of β-amino-alcohol motifs (C(OH)–C–C–N with tert-alkyl or cyclic N) is 1. The summed E-state index contributed by atoms with van der Waals surface area (Å²) in [6, 6.07) is 6.63. The van der Waals surface area contributed by atoms with Gasteiger partial charge in [0.05, 0.1) is 25.5 Å². The van der Waals surface area contributed by atoms with Crippen LogP contribution in [0.2, 0.25) is 5.02 Å². The third-order valence-corrected chi connectivity index (χ3v) is 4.40. The molecule has 1 aromatic carbocycles. The van der Waals surface area contributed by atoms with Crippen LogP contribution in [0.1, 0.15) is 16.8 Å². The van der Waals surface area contributed by atoms with E-state index in [0.29, 0.717) is 23.6 Å². The molecule has 2 atom stereocenters. The van der Waals surface area contributed by atoms with Gasteiger partial charge in [0.1, 0.15) is 5.60 Å². The van der Waals surface area contributed by atoms with E-state index in [9.17, 15) is 15.0 Å². The Hall–Kier alpha value is -1.89. The lowest BCUT2D eigenvalue weighted by Crippen LogP contribution is -2.60. The molecule has 2 heterocycles. The standard InChI is InChI=1S/C16H18ClN3O3/c17-13-3-1-12(2-4-13)15(22)20-7-5-14(21)16(23,10-20)9-19-8-6-18-11-19/h1-4,6,8,11,14,21,23H,5,7,9-10H2/t14-,16+/m1/s1. The number of halogens is 1. The number of likely N-dealkylation sites (tertiary alicyclic amines) is 1. The monoisotopic (exact) mass is 335 g/mol. The number of aliphatic hydroxyl groups is 2. The average molecular weight is 336 g/mol. The van der Waals surface area contributed by atoms with Gasteiger partial charge in [-0.3, -0.25) is 4.79 Å². The number of piperidine rings is 1. The van der Waals surface area contributed by atoms with Crippen molar-refractivity contribution in [3.8, 4) is 0 Å². The zero-order chi connectivity index (χ0) is 16.4. The van der Waals surface area contributed by atoms with Crippen LogP contribution < -0.4 is 0 Å². The molecular weight excluding hydrogens is 318 g/mol. The van der Waals surface area contributed by atoms with Crippen molar-refractivity contribution in [1.29, 1.82) is 0 Å². The first-order valence-corrected chi connectivity index (χ1v) is 7.77. The fraction of sp³-hybridized carbons (Fsp3) is 0.375. The van der Waals surface area contributed by atoms with Gasteiger partial charge in [0.15, 0.2) is 0 Å². The highest BCUT2D eigenvalue weighted by molar-refractivity contribution is 6.30. The zero-order valence-electron chi connectivity index (χ0n) is 12.5. The molecule has 2 aromatic rings. The molecule has 3 rings (SSSR count). The predicted octanol–water partition coefficient (Wildman–Crippen LogP) is 1.17. The third-order valence-electron chi connectivity index (χ3n) is 4.15. The first-order chi connectivity index (χ1) is 11.0. The number of amides is 1. The Morgan fingerprint density at radius 1 is 1.39 bits per heavy atom. The maximum absolute atomic E-state index is 12.6. The van der Waals surface area contributed by atoms with Crippen LogP contribution in [0.5, 0.6) is 0 Å². The van der Waals surface area contributed by atoms with Gasteiger partial charge in [-0.25, -0.2) is 4.98 Å². The van der Waals surface area contributed by atoms with Crippen molar-refractivity contribution in [2.45, 2.75) is 24.7 Å². The maximum atomic E-state index is 12.6. The number of hydrogen-bond acceptors (Lipinski definition) is 4. The second-order valence-electron chi connectivity index (χ2n) is 5.88. The quantitative estimate of drug-likeness (QED) is 0.882. The summed E-state index contributed by atoms with van der Waals surface area (Å²) >= 11 is 5.84. The highest BCUT2D eigenvalue weighted by Crippen LogP contribution is 2.25. The Morgan fingerprint density at radius 3 is 2.78 bits per heavy atom. The van der Waals surface area contributed by atoms with Gasteiger partial charge in [-0.05, 0) is 30.7 Å². The fourth-order valence-corrected chi connectivity index (χ4v) is 2.99. The Bertz CT molecular complexity index is 674. The van der Waals surface area contributed by atoms with Gasteiger partial charge in [-0.15, -0.1) is 0 Å². The number of imidazole rings is 1. The van der Waals surface area contributed by atoms with E-state index in [1.54, 1.807) is 52.5 Å². The minimum atomic E-state index is -1.40. The molecule has 23 heavy (non-hydrogen) atoms. The minimum Gasteiger partial charge on any atom is -0.390 e. The molecule has 7 heteroatoms. The maximum Gasteiger partial charge on any atom is 0.253 e. The van der Waals surface area contributed by atoms with E-state index in [4.69, 9.17) is 11.6 Å². The number of hydrogen-bond donors (Lipinski definition) is 2. The molecule has 6 nitrogen and oxygen atoms in total. The van der Waals surface area contributed by atoms with E-state index in [-0.39, 0.29) is 19.0 Å². The Morgan fingerprint density at radius 2 is 2.13 bits per heavy atom. The second-order valence-corrected chi connectivity index (χ2v) is 6.31. The molecule has 1 fully saturated rings. The summed E-state index contributed by atoms with van der Waals surface area (Å²) in [7, 11) is 0. The summed E-state index contributed by atoms with van der Waals surface area (Å²) in [5, 5.41) is 21.6. The summed E-state index contributed by atoms with van der Waals surface area (Å²) in [5.74, 6) is -0.183. The number of nitrogens with zero attached hydrogens (tertiary/aromatic N) is 3. The molecule has 1 aliphatic heterocycles. The highest BCUT2D eigenvalue weighted by atomic mass is 35.5. The van der Waals surface area contributed by atoms with Crippen LogP contribution in [-0.2, 0) is 6.54 Å². The van der Waals surface area contributed by atoms with Crippen LogP contribution >= 0.6 is 11.6 Å². The Kier molecular flexibility index (Phi) is 4.39. The smallest absolute Gasteiger partial charge is 0.253 e. The number of rotatable bonds is 3. The van der Waals surface area contributed by atoms with Gasteiger partial charge in [0.2, 0.25) is 0 Å². The van der Waals surface area contributed by atoms with E-state index in [1.165, 1.54) is 0 Å². The van der Waals surface area contributed by atoms with Crippen LogP contribution in [0, 0.1) is 0 Å². The molecule has 122 valence electrons. The molecule has 1 amide bonds. The van der Waals surface area contributed by atoms with E-state index in [2.05, 4.69) is 4.98 Å². The van der Waals surface area contributed by atoms with Crippen molar-refractivity contribution >= 4 is 17.5 Å². The van der Waals surface area contributed by atoms with Crippen molar-refractivity contribution < 1.29 is 15.0 Å². The molecule has 0 radical (unpaired) electrons. The van der Waals surface area contributed by atoms with Gasteiger partial charge < -0.3 is 19.7 Å². The van der Waals surface area contributed by atoms with Crippen LogP contribution in [-0.4, -0.2) is 55.4 Å². The van der Waals surface area contributed by atoms with Crippen LogP contribution in [0.25, 0.3) is 0 Å². The first-order valence-electron chi connectivity index (χ1n) is 7.39. The van der Waals surface area contributed by atoms with Gasteiger partial charge in [0.25, 0.3) is 5.91 Å². The van der Waals surface area contributed by atoms with E-state index in [1.807, 2.05) is 0 Å². The minimum absolute atomic E-state index is 0.0633. The van der Waals surface area contributed by atoms with E-state index >= 15 is 0 Å². The zero-order valence-corrected chi connectivity index (χ0v) is 13.2. The molecule has 1 aliphatic rings. The first kappa shape index (κ1) is 16.0. The molecule has 1 aromatic heterocycles. The lowest BCUT2D eigenvalue weighted by molar-refractivity contribution is -0.122. The summed E-state index contributed by atoms with van der Waals surface area (Å²) in [6.07, 6.45) is 4.33. The summed E-state index contributed by atoms with van der Waals surface area (Å²) < 4.78 is 1.69. The van der Waals surface area contributed by atoms with Crippen LogP contribution in [0.15, 0.2) is 43.0 Å². The van der Waals surface area contributed by atoms with Crippen molar-refractivity contribution in [3.63, 3.8) is 0 Å². The normalized spacial score (nSPS) is 24.7. The number of carbonyl (C=O) groups excluding carboxylic acids is 1. The number of aromatic nitrogens is 2. The highest BCUT2D eigenvalue weighted by Gasteiger charge is 2.42. The number of benzene rings is 1. The van der Waals surface area contributed by atoms with Crippen molar-refractivity contribution in [2.75, 3.05) is 13.1 Å². The van der Waals surface area contributed by atoms with Crippen LogP contribution in [0.4, 0.5) is 0 Å². The summed E-state index contributed by atoms with van der Waals surface area (Å²) in [5.41, 5.74) is -0.892. The Labute approximate surface area is 138 Å². The molecule has 0 spiro atoms. The van der Waals surface area contributed by atoms with Crippen molar-refractivity contribution in [2.24, 2.45) is 0 Å². The number of aliphatic hydroxyl groups excluding tert-OH is 1.